The van der Waals surface area contributed by atoms with Gasteiger partial charge in [0, 0.05) is 6.20 Å². The van der Waals surface area contributed by atoms with Crippen LogP contribution in [-0.2, 0) is 9.47 Å². The summed E-state index contributed by atoms with van der Waals surface area (Å²) in [4.78, 5) is 26.6. The smallest absolute Gasteiger partial charge is 0.356 e. The summed E-state index contributed by atoms with van der Waals surface area (Å²) in [5.74, 6) is -1.14. The van der Waals surface area contributed by atoms with E-state index in [9.17, 15) is 9.59 Å². The molecule has 1 aromatic rings. The first-order valence-corrected chi connectivity index (χ1v) is 5.19. The van der Waals surface area contributed by atoms with Crippen LogP contribution in [0.2, 0.25) is 0 Å². The van der Waals surface area contributed by atoms with E-state index >= 15 is 0 Å². The average molecular weight is 238 g/mol. The monoisotopic (exact) mass is 238 g/mol. The molecule has 0 radical (unpaired) electrons. The van der Waals surface area contributed by atoms with Crippen molar-refractivity contribution in [3.05, 3.63) is 23.5 Å². The summed E-state index contributed by atoms with van der Waals surface area (Å²) in [6, 6.07) is 1.30. The lowest BCUT2D eigenvalue weighted by Crippen LogP contribution is -2.12. The Hall–Kier alpha value is -2.11. The summed E-state index contributed by atoms with van der Waals surface area (Å²) >= 11 is 0. The van der Waals surface area contributed by atoms with Crippen LogP contribution in [0.5, 0.6) is 0 Å². The Bertz CT molecular complexity index is 431. The first-order chi connectivity index (χ1) is 8.10. The third-order valence-corrected chi connectivity index (χ3v) is 1.92. The Morgan fingerprint density at radius 1 is 1.24 bits per heavy atom. The van der Waals surface area contributed by atoms with Crippen molar-refractivity contribution in [1.29, 1.82) is 0 Å². The van der Waals surface area contributed by atoms with E-state index in [1.54, 1.807) is 13.8 Å². The minimum Gasteiger partial charge on any atom is -0.462 e. The molecule has 0 aromatic carbocycles. The Morgan fingerprint density at radius 2 is 1.82 bits per heavy atom. The van der Waals surface area contributed by atoms with Crippen molar-refractivity contribution in [1.82, 2.24) is 4.98 Å². The second-order valence-electron chi connectivity index (χ2n) is 3.10. The average Bonchev–Trinajstić information content (AvgIpc) is 2.29. The number of nitrogens with two attached hydrogens (primary N) is 1. The van der Waals surface area contributed by atoms with Gasteiger partial charge in [0.2, 0.25) is 0 Å². The summed E-state index contributed by atoms with van der Waals surface area (Å²) < 4.78 is 9.54. The molecule has 0 bridgehead atoms. The molecule has 0 amide bonds. The van der Waals surface area contributed by atoms with Crippen LogP contribution in [0.25, 0.3) is 0 Å². The van der Waals surface area contributed by atoms with Gasteiger partial charge >= 0.3 is 11.9 Å². The molecule has 0 aliphatic heterocycles. The third kappa shape index (κ3) is 3.17. The molecule has 1 rings (SSSR count). The fraction of sp³-hybridized carbons (Fsp3) is 0.364. The second-order valence-corrected chi connectivity index (χ2v) is 3.10. The zero-order chi connectivity index (χ0) is 12.8. The van der Waals surface area contributed by atoms with Crippen LogP contribution in [-0.4, -0.2) is 30.1 Å². The van der Waals surface area contributed by atoms with Gasteiger partial charge < -0.3 is 15.2 Å². The van der Waals surface area contributed by atoms with Gasteiger partial charge in [-0.1, -0.05) is 0 Å². The van der Waals surface area contributed by atoms with Crippen molar-refractivity contribution in [2.75, 3.05) is 18.9 Å². The zero-order valence-electron chi connectivity index (χ0n) is 9.73. The number of carbonyl (C=O) groups excluding carboxylic acids is 2. The van der Waals surface area contributed by atoms with Crippen molar-refractivity contribution < 1.29 is 19.1 Å². The molecule has 0 fully saturated rings. The van der Waals surface area contributed by atoms with Gasteiger partial charge in [0.1, 0.15) is 11.3 Å². The number of pyridine rings is 1. The Balaban J connectivity index is 2.93. The third-order valence-electron chi connectivity index (χ3n) is 1.92. The van der Waals surface area contributed by atoms with Crippen LogP contribution < -0.4 is 5.73 Å². The van der Waals surface area contributed by atoms with Gasteiger partial charge in [-0.2, -0.15) is 0 Å². The van der Waals surface area contributed by atoms with E-state index in [4.69, 9.17) is 15.2 Å². The number of hydrogen-bond acceptors (Lipinski definition) is 6. The zero-order valence-corrected chi connectivity index (χ0v) is 9.73. The molecule has 0 unspecified atom stereocenters. The highest BCUT2D eigenvalue weighted by Crippen LogP contribution is 2.13. The predicted molar refractivity (Wildman–Crippen MR) is 60.6 cm³/mol. The van der Waals surface area contributed by atoms with Gasteiger partial charge in [0.25, 0.3) is 0 Å². The van der Waals surface area contributed by atoms with E-state index in [0.717, 1.165) is 0 Å². The van der Waals surface area contributed by atoms with Crippen molar-refractivity contribution in [2.24, 2.45) is 0 Å². The number of ether oxygens (including phenoxy) is 2. The number of nitrogens with zero attached hydrogens (tertiary/aromatic N) is 1. The molecule has 92 valence electrons. The predicted octanol–water partition coefficient (Wildman–Crippen LogP) is 1.02. The normalized spacial score (nSPS) is 9.76. The maximum absolute atomic E-state index is 11.4. The number of rotatable bonds is 4. The topological polar surface area (TPSA) is 91.5 Å². The lowest BCUT2D eigenvalue weighted by molar-refractivity contribution is 0.0506. The first-order valence-electron chi connectivity index (χ1n) is 5.19. The minimum absolute atomic E-state index is 0.0670. The lowest BCUT2D eigenvalue weighted by Gasteiger charge is -2.06. The molecule has 0 atom stereocenters. The van der Waals surface area contributed by atoms with E-state index in [-0.39, 0.29) is 30.2 Å². The summed E-state index contributed by atoms with van der Waals surface area (Å²) in [6.45, 7) is 3.88. The number of aromatic nitrogens is 1. The molecule has 0 aliphatic rings. The summed E-state index contributed by atoms with van der Waals surface area (Å²) in [6.07, 6.45) is 1.21. The van der Waals surface area contributed by atoms with Crippen LogP contribution in [0, 0.1) is 0 Å². The maximum Gasteiger partial charge on any atom is 0.356 e. The molecular weight excluding hydrogens is 224 g/mol. The van der Waals surface area contributed by atoms with Crippen molar-refractivity contribution in [2.45, 2.75) is 13.8 Å². The van der Waals surface area contributed by atoms with Gasteiger partial charge in [-0.3, -0.25) is 0 Å². The van der Waals surface area contributed by atoms with Crippen LogP contribution in [0.15, 0.2) is 12.3 Å². The van der Waals surface area contributed by atoms with E-state index < -0.39 is 11.9 Å². The highest BCUT2D eigenvalue weighted by atomic mass is 16.5. The van der Waals surface area contributed by atoms with E-state index in [1.807, 2.05) is 0 Å². The van der Waals surface area contributed by atoms with Gasteiger partial charge in [0.15, 0.2) is 0 Å². The molecule has 2 N–H and O–H groups in total. The maximum atomic E-state index is 11.4. The largest absolute Gasteiger partial charge is 0.462 e. The second kappa shape index (κ2) is 5.83. The van der Waals surface area contributed by atoms with Crippen molar-refractivity contribution >= 4 is 17.6 Å². The standard InChI is InChI=1S/C11H14N2O4/c1-3-16-10(14)7-6-13-9(5-8(7)12)11(15)17-4-2/h5-6H,3-4H2,1-2H3,(H2,12,13). The number of carbonyl (C=O) groups is 2. The summed E-state index contributed by atoms with van der Waals surface area (Å²) in [5, 5.41) is 0. The van der Waals surface area contributed by atoms with Gasteiger partial charge in [-0.15, -0.1) is 0 Å². The van der Waals surface area contributed by atoms with Crippen LogP contribution >= 0.6 is 0 Å². The Labute approximate surface area is 98.7 Å². The minimum atomic E-state index is -0.574. The Kier molecular flexibility index (Phi) is 4.45. The van der Waals surface area contributed by atoms with E-state index in [0.29, 0.717) is 0 Å². The van der Waals surface area contributed by atoms with Crippen molar-refractivity contribution in [3.63, 3.8) is 0 Å². The summed E-state index contributed by atoms with van der Waals surface area (Å²) in [7, 11) is 0. The lowest BCUT2D eigenvalue weighted by atomic mass is 10.2. The number of esters is 2. The van der Waals surface area contributed by atoms with Crippen LogP contribution in [0.4, 0.5) is 5.69 Å². The van der Waals surface area contributed by atoms with Crippen molar-refractivity contribution in [3.8, 4) is 0 Å². The highest BCUT2D eigenvalue weighted by Gasteiger charge is 2.15. The molecule has 0 aliphatic carbocycles. The quantitative estimate of drug-likeness (QED) is 0.787. The van der Waals surface area contributed by atoms with E-state index in [2.05, 4.69) is 4.98 Å². The molecule has 1 aromatic heterocycles. The fourth-order valence-corrected chi connectivity index (χ4v) is 1.17. The van der Waals surface area contributed by atoms with Gasteiger partial charge in [0.05, 0.1) is 18.9 Å². The molecule has 0 saturated heterocycles. The molecular formula is C11H14N2O4. The molecule has 0 spiro atoms. The molecule has 17 heavy (non-hydrogen) atoms. The van der Waals surface area contributed by atoms with Crippen LogP contribution in [0.1, 0.15) is 34.7 Å². The first kappa shape index (κ1) is 13.0. The van der Waals surface area contributed by atoms with E-state index in [1.165, 1.54) is 12.3 Å². The fourth-order valence-electron chi connectivity index (χ4n) is 1.17. The number of hydrogen-bond donors (Lipinski definition) is 1. The summed E-state index contributed by atoms with van der Waals surface area (Å²) in [5.41, 5.74) is 5.98. The Morgan fingerprint density at radius 3 is 2.35 bits per heavy atom. The van der Waals surface area contributed by atoms with Crippen LogP contribution in [0.3, 0.4) is 0 Å². The van der Waals surface area contributed by atoms with Gasteiger partial charge in [-0.25, -0.2) is 14.6 Å². The molecule has 6 heteroatoms. The SMILES string of the molecule is CCOC(=O)c1cc(N)c(C(=O)OCC)cn1. The highest BCUT2D eigenvalue weighted by molar-refractivity contribution is 5.97. The van der Waals surface area contributed by atoms with Gasteiger partial charge in [-0.05, 0) is 19.9 Å². The number of nitrogen functional groups attached to an aromatic ring is 1. The molecule has 0 saturated carbocycles. The number of anilines is 1. The molecule has 1 heterocycles. The molecule has 6 nitrogen and oxygen atoms in total.